The molecule has 7 heteroatoms. The molecule has 0 unspecified atom stereocenters. The minimum Gasteiger partial charge on any atom is -0.509 e. The molecule has 1 fully saturated rings. The molecule has 2 aliphatic heterocycles. The Morgan fingerprint density at radius 3 is 2.32 bits per heavy atom. The van der Waals surface area contributed by atoms with Crippen molar-refractivity contribution in [3.63, 3.8) is 0 Å². The zero-order valence-electron chi connectivity index (χ0n) is 18.2. The van der Waals surface area contributed by atoms with E-state index in [0.29, 0.717) is 11.4 Å². The van der Waals surface area contributed by atoms with Crippen molar-refractivity contribution in [3.8, 4) is 0 Å². The number of nitrogens with one attached hydrogen (secondary N) is 2. The van der Waals surface area contributed by atoms with Gasteiger partial charge in [-0.25, -0.2) is 4.98 Å². The Kier molecular flexibility index (Phi) is 4.70. The molecule has 2 aliphatic rings. The monoisotopic (exact) mass is 416 g/mol. The zero-order valence-corrected chi connectivity index (χ0v) is 18.2. The van der Waals surface area contributed by atoms with Gasteiger partial charge in [0.2, 0.25) is 0 Å². The van der Waals surface area contributed by atoms with Gasteiger partial charge in [-0.05, 0) is 68.4 Å². The van der Waals surface area contributed by atoms with Gasteiger partial charge in [0.25, 0.3) is 0 Å². The minimum atomic E-state index is 0.167. The number of hydrogen-bond donors (Lipinski definition) is 3. The van der Waals surface area contributed by atoms with Crippen LogP contribution in [0.5, 0.6) is 0 Å². The van der Waals surface area contributed by atoms with E-state index in [4.69, 9.17) is 5.41 Å². The number of benzene rings is 2. The number of aromatic nitrogens is 2. The van der Waals surface area contributed by atoms with Crippen LogP contribution in [0.1, 0.15) is 17.0 Å². The molecule has 0 atom stereocenters. The van der Waals surface area contributed by atoms with Gasteiger partial charge in [-0.1, -0.05) is 0 Å². The fraction of sp³-hybridized carbons (Fsp3) is 0.333. The molecule has 31 heavy (non-hydrogen) atoms. The normalized spacial score (nSPS) is 18.0. The molecular weight excluding hydrogens is 388 g/mol. The predicted octanol–water partition coefficient (Wildman–Crippen LogP) is 3.70. The summed E-state index contributed by atoms with van der Waals surface area (Å²) in [7, 11) is 2.15. The van der Waals surface area contributed by atoms with Gasteiger partial charge in [-0.2, -0.15) is 0 Å². The first-order valence-corrected chi connectivity index (χ1v) is 10.7. The molecular formula is C24H28N6O. The van der Waals surface area contributed by atoms with E-state index >= 15 is 0 Å². The molecule has 2 aromatic carbocycles. The Hall–Kier alpha value is -3.32. The molecule has 3 heterocycles. The fourth-order valence-corrected chi connectivity index (χ4v) is 4.34. The molecule has 3 N–H and O–H groups in total. The second kappa shape index (κ2) is 7.42. The van der Waals surface area contributed by atoms with E-state index in [1.165, 1.54) is 16.8 Å². The lowest BCUT2D eigenvalue weighted by Crippen LogP contribution is -2.44. The summed E-state index contributed by atoms with van der Waals surface area (Å²) in [6.45, 7) is 8.57. The second-order valence-electron chi connectivity index (χ2n) is 8.60. The van der Waals surface area contributed by atoms with E-state index in [1.807, 2.05) is 23.1 Å². The van der Waals surface area contributed by atoms with Gasteiger partial charge in [0.15, 0.2) is 0 Å². The first-order valence-electron chi connectivity index (χ1n) is 10.7. The average molecular weight is 417 g/mol. The third-order valence-electron chi connectivity index (χ3n) is 6.47. The largest absolute Gasteiger partial charge is 0.509 e. The van der Waals surface area contributed by atoms with Crippen molar-refractivity contribution < 1.29 is 5.11 Å². The summed E-state index contributed by atoms with van der Waals surface area (Å²) in [6, 6.07) is 12.4. The molecule has 0 bridgehead atoms. The number of amidine groups is 1. The van der Waals surface area contributed by atoms with Crippen LogP contribution >= 0.6 is 0 Å². The zero-order chi connectivity index (χ0) is 21.7. The number of anilines is 2. The summed E-state index contributed by atoms with van der Waals surface area (Å²) >= 11 is 0. The van der Waals surface area contributed by atoms with Gasteiger partial charge in [-0.15, -0.1) is 0 Å². The van der Waals surface area contributed by atoms with Gasteiger partial charge in [-0.3, -0.25) is 5.41 Å². The Morgan fingerprint density at radius 2 is 1.61 bits per heavy atom. The smallest absolute Gasteiger partial charge is 0.145 e. The number of H-pyrrole nitrogens is 1. The fourth-order valence-electron chi connectivity index (χ4n) is 4.34. The maximum absolute atomic E-state index is 10.7. The molecule has 0 saturated carbocycles. The van der Waals surface area contributed by atoms with Crippen molar-refractivity contribution >= 4 is 33.8 Å². The number of fused-ring (bicyclic) bond motifs is 1. The van der Waals surface area contributed by atoms with Crippen LogP contribution in [0.4, 0.5) is 11.4 Å². The SMILES string of the molecule is Cc1cc2nc(C3=C(O)CN(c4ccc(N5CCN(C)CC5)cc4)C3=N)[nH]c2cc1C. The van der Waals surface area contributed by atoms with Crippen LogP contribution in [-0.2, 0) is 0 Å². The standard InChI is InChI=1S/C24H28N6O/c1-15-12-19-20(13-16(15)2)27-24(26-19)22-21(31)14-30(23(22)25)18-6-4-17(5-7-18)29-10-8-28(3)9-11-29/h4-7,12-13,25,31H,8-11,14H2,1-3H3,(H,26,27). The van der Waals surface area contributed by atoms with Crippen molar-refractivity contribution in [2.75, 3.05) is 49.6 Å². The lowest BCUT2D eigenvalue weighted by molar-refractivity contribution is 0.313. The maximum atomic E-state index is 10.7. The van der Waals surface area contributed by atoms with Crippen molar-refractivity contribution in [3.05, 3.63) is 59.1 Å². The number of imidazole rings is 1. The molecule has 7 nitrogen and oxygen atoms in total. The number of aromatic amines is 1. The summed E-state index contributed by atoms with van der Waals surface area (Å²) in [6.07, 6.45) is 0. The molecule has 5 rings (SSSR count). The van der Waals surface area contributed by atoms with Crippen LogP contribution in [0.25, 0.3) is 16.6 Å². The highest BCUT2D eigenvalue weighted by atomic mass is 16.3. The number of rotatable bonds is 3. The van der Waals surface area contributed by atoms with E-state index in [9.17, 15) is 5.11 Å². The Balaban J connectivity index is 1.38. The molecule has 0 spiro atoms. The van der Waals surface area contributed by atoms with Crippen molar-refractivity contribution in [2.45, 2.75) is 13.8 Å². The van der Waals surface area contributed by atoms with Crippen LogP contribution in [-0.4, -0.2) is 65.6 Å². The minimum absolute atomic E-state index is 0.167. The molecule has 3 aromatic rings. The number of nitrogens with zero attached hydrogens (tertiary/aromatic N) is 4. The van der Waals surface area contributed by atoms with Crippen molar-refractivity contribution in [1.82, 2.24) is 14.9 Å². The quantitative estimate of drug-likeness (QED) is 0.607. The van der Waals surface area contributed by atoms with Gasteiger partial charge in [0.1, 0.15) is 17.4 Å². The number of aryl methyl sites for hydroxylation is 2. The summed E-state index contributed by atoms with van der Waals surface area (Å²) in [5.74, 6) is 0.969. The van der Waals surface area contributed by atoms with Gasteiger partial charge < -0.3 is 24.8 Å². The Bertz CT molecular complexity index is 1150. The average Bonchev–Trinajstić information content (AvgIpc) is 3.28. The van der Waals surface area contributed by atoms with Crippen molar-refractivity contribution in [2.24, 2.45) is 0 Å². The topological polar surface area (TPSA) is 82.5 Å². The van der Waals surface area contributed by atoms with Crippen LogP contribution < -0.4 is 9.80 Å². The Labute approximate surface area is 182 Å². The number of piperazine rings is 1. The highest BCUT2D eigenvalue weighted by Gasteiger charge is 2.31. The molecule has 0 radical (unpaired) electrons. The van der Waals surface area contributed by atoms with Gasteiger partial charge >= 0.3 is 0 Å². The van der Waals surface area contributed by atoms with Gasteiger partial charge in [0.05, 0.1) is 23.2 Å². The van der Waals surface area contributed by atoms with Crippen LogP contribution in [0, 0.1) is 19.3 Å². The number of aliphatic hydroxyl groups is 1. The van der Waals surface area contributed by atoms with E-state index in [1.54, 1.807) is 0 Å². The first kappa shape index (κ1) is 19.6. The molecule has 0 amide bonds. The van der Waals surface area contributed by atoms with Crippen LogP contribution in [0.15, 0.2) is 42.2 Å². The lowest BCUT2D eigenvalue weighted by Gasteiger charge is -2.34. The van der Waals surface area contributed by atoms with E-state index in [2.05, 4.69) is 58.9 Å². The number of likely N-dealkylation sites (N-methyl/N-ethyl adjacent to an activating group) is 1. The van der Waals surface area contributed by atoms with Crippen molar-refractivity contribution in [1.29, 1.82) is 5.41 Å². The summed E-state index contributed by atoms with van der Waals surface area (Å²) < 4.78 is 0. The molecule has 160 valence electrons. The molecule has 1 aromatic heterocycles. The van der Waals surface area contributed by atoms with E-state index in [-0.39, 0.29) is 18.1 Å². The highest BCUT2D eigenvalue weighted by Crippen LogP contribution is 2.32. The lowest BCUT2D eigenvalue weighted by atomic mass is 10.1. The molecule has 0 aliphatic carbocycles. The Morgan fingerprint density at radius 1 is 0.968 bits per heavy atom. The van der Waals surface area contributed by atoms with Crippen LogP contribution in [0.2, 0.25) is 0 Å². The summed E-state index contributed by atoms with van der Waals surface area (Å²) in [5.41, 5.74) is 6.68. The predicted molar refractivity (Wildman–Crippen MR) is 126 cm³/mol. The van der Waals surface area contributed by atoms with E-state index < -0.39 is 0 Å². The maximum Gasteiger partial charge on any atom is 0.145 e. The molecule has 1 saturated heterocycles. The third kappa shape index (κ3) is 3.45. The first-order chi connectivity index (χ1) is 14.9. The summed E-state index contributed by atoms with van der Waals surface area (Å²) in [5, 5.41) is 19.4. The van der Waals surface area contributed by atoms with E-state index in [0.717, 1.165) is 42.9 Å². The third-order valence-corrected chi connectivity index (χ3v) is 6.47. The van der Waals surface area contributed by atoms with Gasteiger partial charge in [0, 0.05) is 37.6 Å². The number of aliphatic hydroxyl groups excluding tert-OH is 1. The number of hydrogen-bond acceptors (Lipinski definition) is 5. The highest BCUT2D eigenvalue weighted by molar-refractivity contribution is 6.30. The second-order valence-corrected chi connectivity index (χ2v) is 8.60. The van der Waals surface area contributed by atoms with Crippen LogP contribution in [0.3, 0.4) is 0 Å². The summed E-state index contributed by atoms with van der Waals surface area (Å²) in [4.78, 5) is 14.5.